The summed E-state index contributed by atoms with van der Waals surface area (Å²) in [6.45, 7) is 0. The number of aromatic nitrogens is 9. The molecule has 78 heavy (non-hydrogen) atoms. The van der Waals surface area contributed by atoms with Crippen molar-refractivity contribution in [3.05, 3.63) is 249 Å². The Bertz CT molecular complexity index is 4710. The summed E-state index contributed by atoms with van der Waals surface area (Å²) in [7, 11) is 0. The van der Waals surface area contributed by atoms with Crippen LogP contribution >= 0.6 is 0 Å². The minimum absolute atomic E-state index is 0.418. The topological polar surface area (TPSA) is 108 Å². The maximum absolute atomic E-state index is 12.9. The molecule has 9 heterocycles. The van der Waals surface area contributed by atoms with Gasteiger partial charge in [0, 0.05) is 68.6 Å². The molecular weight excluding hydrogens is 957 g/mol. The Morgan fingerprint density at radius 2 is 0.641 bits per heavy atom. The Morgan fingerprint density at radius 1 is 0.308 bits per heavy atom. The third-order valence-electron chi connectivity index (χ3n) is 15.4. The highest BCUT2D eigenvalue weighted by Gasteiger charge is 2.36. The summed E-state index contributed by atoms with van der Waals surface area (Å²) in [5.74, 6) is 0. The van der Waals surface area contributed by atoms with Crippen molar-refractivity contribution in [2.75, 3.05) is 0 Å². The fourth-order valence-electron chi connectivity index (χ4n) is 12.3. The maximum Gasteiger partial charge on any atom is 0.104 e. The molecule has 10 heteroatoms. The first kappa shape index (κ1) is 43.4. The van der Waals surface area contributed by atoms with Crippen molar-refractivity contribution in [2.24, 2.45) is 0 Å². The van der Waals surface area contributed by atoms with E-state index in [0.717, 1.165) is 133 Å². The van der Waals surface area contributed by atoms with E-state index in [0.29, 0.717) is 16.9 Å². The van der Waals surface area contributed by atoms with Crippen LogP contribution in [0.3, 0.4) is 0 Å². The lowest BCUT2D eigenvalue weighted by atomic mass is 9.90. The van der Waals surface area contributed by atoms with E-state index in [1.807, 2.05) is 61.2 Å². The second-order valence-electron chi connectivity index (χ2n) is 19.5. The molecule has 362 valence electrons. The predicted octanol–water partition coefficient (Wildman–Crippen LogP) is 15.9. The monoisotopic (exact) mass is 996 g/mol. The van der Waals surface area contributed by atoms with E-state index >= 15 is 0 Å². The van der Waals surface area contributed by atoms with Gasteiger partial charge in [-0.25, -0.2) is 4.98 Å². The van der Waals surface area contributed by atoms with Crippen molar-refractivity contribution in [1.29, 1.82) is 5.26 Å². The van der Waals surface area contributed by atoms with Gasteiger partial charge in [-0.3, -0.25) is 19.9 Å². The zero-order valence-electron chi connectivity index (χ0n) is 41.6. The smallest absolute Gasteiger partial charge is 0.104 e. The van der Waals surface area contributed by atoms with Gasteiger partial charge >= 0.3 is 0 Å². The van der Waals surface area contributed by atoms with Crippen LogP contribution in [-0.2, 0) is 0 Å². The lowest BCUT2D eigenvalue weighted by Crippen LogP contribution is -2.16. The summed E-state index contributed by atoms with van der Waals surface area (Å²) in [4.78, 5) is 26.3. The Hall–Kier alpha value is -11.0. The lowest BCUT2D eigenvalue weighted by molar-refractivity contribution is 1.03. The van der Waals surface area contributed by atoms with Crippen LogP contribution in [-0.4, -0.2) is 43.2 Å². The fourth-order valence-corrected chi connectivity index (χ4v) is 12.3. The van der Waals surface area contributed by atoms with Gasteiger partial charge in [0.2, 0.25) is 0 Å². The third kappa shape index (κ3) is 6.15. The summed E-state index contributed by atoms with van der Waals surface area (Å²) >= 11 is 0. The quantitative estimate of drug-likeness (QED) is 0.157. The Balaban J connectivity index is 1.27. The van der Waals surface area contributed by atoms with Crippen LogP contribution in [0.25, 0.3) is 144 Å². The van der Waals surface area contributed by atoms with E-state index in [2.05, 4.69) is 206 Å². The normalized spacial score (nSPS) is 11.8. The van der Waals surface area contributed by atoms with Gasteiger partial charge < -0.3 is 18.3 Å². The molecule has 0 aliphatic rings. The number of hydrogen-bond donors (Lipinski definition) is 0. The summed E-state index contributed by atoms with van der Waals surface area (Å²) < 4.78 is 9.22. The van der Waals surface area contributed by atoms with Crippen molar-refractivity contribution in [1.82, 2.24) is 43.2 Å². The number of rotatable bonds is 7. The summed E-state index contributed by atoms with van der Waals surface area (Å²) in [6, 6.07) is 78.3. The molecule has 0 saturated heterocycles. The first-order valence-electron chi connectivity index (χ1n) is 25.9. The molecule has 16 aromatic rings. The number of para-hydroxylation sites is 4. The molecule has 7 aromatic carbocycles. The lowest BCUT2D eigenvalue weighted by Gasteiger charge is -2.29. The second-order valence-corrected chi connectivity index (χ2v) is 19.5. The zero-order chi connectivity index (χ0) is 51.4. The van der Waals surface area contributed by atoms with Crippen molar-refractivity contribution in [2.45, 2.75) is 0 Å². The van der Waals surface area contributed by atoms with Crippen LogP contribution in [0.15, 0.2) is 243 Å². The number of hydrogen-bond acceptors (Lipinski definition) is 6. The van der Waals surface area contributed by atoms with E-state index in [1.165, 1.54) is 0 Å². The molecule has 0 fully saturated rings. The Kier molecular flexibility index (Phi) is 9.46. The van der Waals surface area contributed by atoms with Crippen LogP contribution in [0, 0.1) is 11.3 Å². The number of pyridine rings is 5. The average Bonchev–Trinajstić information content (AvgIpc) is 3.62. The van der Waals surface area contributed by atoms with Crippen LogP contribution < -0.4 is 0 Å². The molecule has 0 spiro atoms. The van der Waals surface area contributed by atoms with Gasteiger partial charge in [0.15, 0.2) is 0 Å². The van der Waals surface area contributed by atoms with Crippen LogP contribution in [0.2, 0.25) is 0 Å². The van der Waals surface area contributed by atoms with Crippen molar-refractivity contribution >= 4 is 87.7 Å². The number of nitrogens with zero attached hydrogens (tertiary/aromatic N) is 10. The van der Waals surface area contributed by atoms with Crippen LogP contribution in [0.1, 0.15) is 5.56 Å². The SMILES string of the molecule is N#Cc1c(-n2c3ccccc3c3ncccc32)c(-n2c3ccccc3c3ncccc32)c(-c2ccc(-c3ccccc3)nc2-c2ccccc2)c(-n2c3ccccc3c3ncccc32)c1-n1c2ccccc2c2ncccc21. The van der Waals surface area contributed by atoms with Gasteiger partial charge in [-0.1, -0.05) is 133 Å². The van der Waals surface area contributed by atoms with Gasteiger partial charge in [-0.15, -0.1) is 0 Å². The van der Waals surface area contributed by atoms with Crippen molar-refractivity contribution in [3.8, 4) is 62.5 Å². The van der Waals surface area contributed by atoms with Crippen LogP contribution in [0.4, 0.5) is 0 Å². The molecule has 0 aliphatic carbocycles. The second kappa shape index (κ2) is 17.0. The standard InChI is InChI=1S/C68H40N10/c69-41-49-65(75-51-27-11-7-23-44(51)61-55(75)31-15-37-70-61)67(77-53-29-13-9-25-46(53)63-57(77)33-17-39-72-63)59(48-35-36-50(42-19-3-1-4-20-42)74-60(48)43-21-5-2-6-22-43)68(78-54-30-14-10-26-47(54)64-58(78)34-18-40-73-64)66(49)76-52-28-12-8-24-45(52)62-56(76)32-16-38-71-62/h1-40H. The summed E-state index contributed by atoms with van der Waals surface area (Å²) in [6.07, 6.45) is 7.40. The highest BCUT2D eigenvalue weighted by molar-refractivity contribution is 6.16. The molecule has 0 saturated carbocycles. The minimum Gasteiger partial charge on any atom is -0.305 e. The number of fused-ring (bicyclic) bond motifs is 12. The molecule has 0 aliphatic heterocycles. The predicted molar refractivity (Wildman–Crippen MR) is 314 cm³/mol. The molecule has 9 aromatic heterocycles. The van der Waals surface area contributed by atoms with Gasteiger partial charge in [0.25, 0.3) is 0 Å². The van der Waals surface area contributed by atoms with Crippen molar-refractivity contribution < 1.29 is 0 Å². The van der Waals surface area contributed by atoms with E-state index in [4.69, 9.17) is 24.9 Å². The molecule has 0 N–H and O–H groups in total. The summed E-state index contributed by atoms with van der Waals surface area (Å²) in [5.41, 5.74) is 18.6. The molecule has 0 atom stereocenters. The minimum atomic E-state index is 0.418. The highest BCUT2D eigenvalue weighted by Crippen LogP contribution is 2.53. The Morgan fingerprint density at radius 3 is 1.03 bits per heavy atom. The van der Waals surface area contributed by atoms with E-state index in [1.54, 1.807) is 0 Å². The highest BCUT2D eigenvalue weighted by atomic mass is 15.1. The molecular formula is C68H40N10. The van der Waals surface area contributed by atoms with Gasteiger partial charge in [-0.05, 0) is 84.9 Å². The first-order chi connectivity index (χ1) is 38.7. The molecule has 16 rings (SSSR count). The first-order valence-corrected chi connectivity index (χ1v) is 25.9. The largest absolute Gasteiger partial charge is 0.305 e. The van der Waals surface area contributed by atoms with Crippen LogP contribution in [0.5, 0.6) is 0 Å². The molecule has 0 amide bonds. The molecule has 0 bridgehead atoms. The van der Waals surface area contributed by atoms with Crippen molar-refractivity contribution in [3.63, 3.8) is 0 Å². The van der Waals surface area contributed by atoms with Gasteiger partial charge in [0.1, 0.15) is 11.6 Å². The number of nitriles is 1. The molecule has 0 radical (unpaired) electrons. The third-order valence-corrected chi connectivity index (χ3v) is 15.4. The van der Waals surface area contributed by atoms with E-state index in [9.17, 15) is 5.26 Å². The van der Waals surface area contributed by atoms with E-state index in [-0.39, 0.29) is 0 Å². The summed E-state index contributed by atoms with van der Waals surface area (Å²) in [5, 5.41) is 16.7. The van der Waals surface area contributed by atoms with E-state index < -0.39 is 0 Å². The molecule has 10 nitrogen and oxygen atoms in total. The van der Waals surface area contributed by atoms with Gasteiger partial charge in [0.05, 0.1) is 100 Å². The molecule has 0 unspecified atom stereocenters. The Labute approximate surface area is 445 Å². The fraction of sp³-hybridized carbons (Fsp3) is 0. The zero-order valence-corrected chi connectivity index (χ0v) is 41.6. The maximum atomic E-state index is 12.9. The number of benzene rings is 7. The average molecular weight is 997 g/mol. The van der Waals surface area contributed by atoms with Gasteiger partial charge in [-0.2, -0.15) is 5.26 Å².